The van der Waals surface area contributed by atoms with Crippen molar-refractivity contribution in [2.75, 3.05) is 20.6 Å². The van der Waals surface area contributed by atoms with E-state index in [9.17, 15) is 13.2 Å². The van der Waals surface area contributed by atoms with Crippen molar-refractivity contribution in [2.45, 2.75) is 45.6 Å². The fourth-order valence-corrected chi connectivity index (χ4v) is 3.38. The lowest BCUT2D eigenvalue weighted by Gasteiger charge is -2.23. The number of thiazole rings is 1. The van der Waals surface area contributed by atoms with Crippen LogP contribution in [0.25, 0.3) is 0 Å². The Morgan fingerprint density at radius 3 is 2.43 bits per heavy atom. The molecule has 2 N–H and O–H groups in total. The van der Waals surface area contributed by atoms with Crippen molar-refractivity contribution in [1.29, 1.82) is 0 Å². The van der Waals surface area contributed by atoms with Gasteiger partial charge in [-0.15, -0.1) is 35.3 Å². The summed E-state index contributed by atoms with van der Waals surface area (Å²) in [5.41, 5.74) is 1.59. The topological polar surface area (TPSA) is 52.6 Å². The van der Waals surface area contributed by atoms with Gasteiger partial charge in [-0.25, -0.2) is 4.98 Å². The molecule has 0 fully saturated rings. The van der Waals surface area contributed by atoms with Gasteiger partial charge in [0.2, 0.25) is 0 Å². The van der Waals surface area contributed by atoms with Gasteiger partial charge in [0.15, 0.2) is 11.7 Å². The Kier molecular flexibility index (Phi) is 11.1. The molecule has 0 atom stereocenters. The third kappa shape index (κ3) is 8.38. The molecule has 0 spiro atoms. The predicted octanol–water partition coefficient (Wildman–Crippen LogP) is 4.53. The minimum Gasteiger partial charge on any atom is -0.356 e. The first kappa shape index (κ1) is 26.6. The average Bonchev–Trinajstić information content (AvgIpc) is 3.15. The van der Waals surface area contributed by atoms with E-state index in [1.807, 2.05) is 12.1 Å². The Labute approximate surface area is 197 Å². The number of aliphatic imine (C=N–C) groups is 1. The largest absolute Gasteiger partial charge is 0.434 e. The molecule has 0 saturated heterocycles. The molecule has 2 aromatic rings. The van der Waals surface area contributed by atoms with Crippen molar-refractivity contribution in [3.63, 3.8) is 0 Å². The maximum Gasteiger partial charge on any atom is 0.434 e. The molecule has 30 heavy (non-hydrogen) atoms. The number of rotatable bonds is 8. The fraction of sp³-hybridized carbons (Fsp3) is 0.500. The Morgan fingerprint density at radius 2 is 1.87 bits per heavy atom. The van der Waals surface area contributed by atoms with Gasteiger partial charge in [-0.1, -0.05) is 24.3 Å². The quantitative estimate of drug-likeness (QED) is 0.286. The van der Waals surface area contributed by atoms with Crippen LogP contribution in [0.4, 0.5) is 13.2 Å². The van der Waals surface area contributed by atoms with Crippen LogP contribution in [0.3, 0.4) is 0 Å². The summed E-state index contributed by atoms with van der Waals surface area (Å²) in [7, 11) is 3.76. The minimum atomic E-state index is -4.39. The number of alkyl halides is 3. The lowest BCUT2D eigenvalue weighted by atomic mass is 10.1. The monoisotopic (exact) mass is 555 g/mol. The molecule has 0 saturated carbocycles. The SMILES string of the molecule is CN=C(NCCc1nc(C(F)(F)F)cs1)NCc1ccccc1CN(C)C(C)C.I. The summed E-state index contributed by atoms with van der Waals surface area (Å²) in [6.45, 7) is 6.23. The molecule has 1 heterocycles. The van der Waals surface area contributed by atoms with E-state index in [1.165, 1.54) is 11.1 Å². The molecule has 1 aromatic carbocycles. The van der Waals surface area contributed by atoms with Crippen LogP contribution < -0.4 is 10.6 Å². The molecule has 0 radical (unpaired) electrons. The Morgan fingerprint density at radius 1 is 1.20 bits per heavy atom. The second kappa shape index (κ2) is 12.5. The normalized spacial score (nSPS) is 12.2. The Hall–Kier alpha value is -1.40. The van der Waals surface area contributed by atoms with Crippen LogP contribution in [0.5, 0.6) is 0 Å². The van der Waals surface area contributed by atoms with Crippen LogP contribution in [0.2, 0.25) is 0 Å². The van der Waals surface area contributed by atoms with Gasteiger partial charge in [0.25, 0.3) is 0 Å². The highest BCUT2D eigenvalue weighted by atomic mass is 127. The maximum absolute atomic E-state index is 12.6. The standard InChI is InChI=1S/C20H28F3N5S.HI/c1-14(2)28(4)12-16-8-6-5-7-15(16)11-26-19(24-3)25-10-9-18-27-17(13-29-18)20(21,22)23;/h5-8,13-14H,9-12H2,1-4H3,(H2,24,25,26);1H. The molecule has 10 heteroatoms. The second-order valence-corrected chi connectivity index (χ2v) is 7.95. The van der Waals surface area contributed by atoms with Crippen molar-refractivity contribution in [3.05, 3.63) is 51.5 Å². The number of halogens is 4. The van der Waals surface area contributed by atoms with Crippen LogP contribution in [-0.2, 0) is 25.7 Å². The molecular weight excluding hydrogens is 526 g/mol. The van der Waals surface area contributed by atoms with Crippen molar-refractivity contribution in [1.82, 2.24) is 20.5 Å². The van der Waals surface area contributed by atoms with Crippen LogP contribution in [0.1, 0.15) is 35.7 Å². The molecular formula is C20H29F3IN5S. The summed E-state index contributed by atoms with van der Waals surface area (Å²) in [4.78, 5) is 10.1. The second-order valence-electron chi connectivity index (χ2n) is 7.00. The molecule has 1 aromatic heterocycles. The number of aromatic nitrogens is 1. The number of nitrogens with one attached hydrogen (secondary N) is 2. The van der Waals surface area contributed by atoms with Crippen molar-refractivity contribution in [2.24, 2.45) is 4.99 Å². The van der Waals surface area contributed by atoms with Gasteiger partial charge in [0.05, 0.1) is 5.01 Å². The molecule has 5 nitrogen and oxygen atoms in total. The van der Waals surface area contributed by atoms with E-state index in [4.69, 9.17) is 0 Å². The summed E-state index contributed by atoms with van der Waals surface area (Å²) in [5.74, 6) is 0.601. The van der Waals surface area contributed by atoms with Crippen LogP contribution in [0.15, 0.2) is 34.6 Å². The summed E-state index contributed by atoms with van der Waals surface area (Å²) < 4.78 is 37.9. The zero-order valence-electron chi connectivity index (χ0n) is 17.6. The number of hydrogen-bond acceptors (Lipinski definition) is 4. The highest BCUT2D eigenvalue weighted by molar-refractivity contribution is 14.0. The van der Waals surface area contributed by atoms with E-state index < -0.39 is 11.9 Å². The first-order valence-corrected chi connectivity index (χ1v) is 10.3. The van der Waals surface area contributed by atoms with E-state index in [0.29, 0.717) is 36.5 Å². The van der Waals surface area contributed by atoms with E-state index >= 15 is 0 Å². The number of hydrogen-bond donors (Lipinski definition) is 2. The lowest BCUT2D eigenvalue weighted by Crippen LogP contribution is -2.38. The van der Waals surface area contributed by atoms with Crippen LogP contribution >= 0.6 is 35.3 Å². The van der Waals surface area contributed by atoms with Crippen molar-refractivity contribution < 1.29 is 13.2 Å². The third-order valence-corrected chi connectivity index (χ3v) is 5.47. The van der Waals surface area contributed by atoms with Crippen LogP contribution in [0, 0.1) is 0 Å². The van der Waals surface area contributed by atoms with Crippen molar-refractivity contribution in [3.8, 4) is 0 Å². The molecule has 0 unspecified atom stereocenters. The Balaban J connectivity index is 0.00000450. The molecule has 168 valence electrons. The number of benzene rings is 1. The van der Waals surface area contributed by atoms with Gasteiger partial charge in [0.1, 0.15) is 0 Å². The maximum atomic E-state index is 12.6. The molecule has 2 rings (SSSR count). The van der Waals surface area contributed by atoms with Gasteiger partial charge >= 0.3 is 6.18 Å². The highest BCUT2D eigenvalue weighted by Crippen LogP contribution is 2.30. The van der Waals surface area contributed by atoms with Gasteiger partial charge in [0, 0.05) is 44.5 Å². The molecule has 0 aliphatic rings. The number of guanidine groups is 1. The molecule has 0 amide bonds. The first-order chi connectivity index (χ1) is 13.7. The van der Waals surface area contributed by atoms with E-state index in [1.54, 1.807) is 7.05 Å². The zero-order chi connectivity index (χ0) is 21.4. The fourth-order valence-electron chi connectivity index (χ4n) is 2.58. The smallest absolute Gasteiger partial charge is 0.356 e. The summed E-state index contributed by atoms with van der Waals surface area (Å²) in [6, 6.07) is 8.69. The van der Waals surface area contributed by atoms with E-state index in [-0.39, 0.29) is 24.0 Å². The van der Waals surface area contributed by atoms with E-state index in [2.05, 4.69) is 58.5 Å². The first-order valence-electron chi connectivity index (χ1n) is 9.43. The third-order valence-electron chi connectivity index (χ3n) is 4.56. The van der Waals surface area contributed by atoms with Gasteiger partial charge in [-0.2, -0.15) is 13.2 Å². The highest BCUT2D eigenvalue weighted by Gasteiger charge is 2.33. The summed E-state index contributed by atoms with van der Waals surface area (Å²) >= 11 is 1.02. The lowest BCUT2D eigenvalue weighted by molar-refractivity contribution is -0.140. The molecule has 0 bridgehead atoms. The molecule has 0 aliphatic carbocycles. The van der Waals surface area contributed by atoms with Crippen molar-refractivity contribution >= 4 is 41.3 Å². The number of nitrogens with zero attached hydrogens (tertiary/aromatic N) is 3. The predicted molar refractivity (Wildman–Crippen MR) is 127 cm³/mol. The van der Waals surface area contributed by atoms with Gasteiger partial charge < -0.3 is 10.6 Å². The van der Waals surface area contributed by atoms with Crippen LogP contribution in [-0.4, -0.2) is 42.5 Å². The summed E-state index contributed by atoms with van der Waals surface area (Å²) in [5, 5.41) is 7.89. The Bertz CT molecular complexity index is 808. The molecule has 0 aliphatic heterocycles. The van der Waals surface area contributed by atoms with Gasteiger partial charge in [-0.05, 0) is 32.0 Å². The zero-order valence-corrected chi connectivity index (χ0v) is 20.7. The minimum absolute atomic E-state index is 0. The van der Waals surface area contributed by atoms with Gasteiger partial charge in [-0.3, -0.25) is 9.89 Å². The average molecular weight is 555 g/mol. The van der Waals surface area contributed by atoms with E-state index in [0.717, 1.165) is 23.3 Å². The summed E-state index contributed by atoms with van der Waals surface area (Å²) in [6.07, 6.45) is -3.99.